The lowest BCUT2D eigenvalue weighted by molar-refractivity contribution is 0.415. The Hall–Kier alpha value is -4.36. The van der Waals surface area contributed by atoms with Gasteiger partial charge in [-0.25, -0.2) is 0 Å². The molecule has 6 aromatic rings. The molecule has 0 fully saturated rings. The third kappa shape index (κ3) is 3.17. The van der Waals surface area contributed by atoms with Crippen LogP contribution in [-0.4, -0.2) is 7.11 Å². The topological polar surface area (TPSA) is 9.23 Å². The summed E-state index contributed by atoms with van der Waals surface area (Å²) < 4.78 is 5.43. The summed E-state index contributed by atoms with van der Waals surface area (Å²) >= 11 is 0. The highest BCUT2D eigenvalue weighted by Crippen LogP contribution is 2.51. The van der Waals surface area contributed by atoms with Gasteiger partial charge in [-0.05, 0) is 84.3 Å². The summed E-state index contributed by atoms with van der Waals surface area (Å²) in [6.07, 6.45) is 0. The maximum atomic E-state index is 5.43. The number of rotatable bonds is 3. The van der Waals surface area contributed by atoms with E-state index in [4.69, 9.17) is 4.74 Å². The molecule has 0 N–H and O–H groups in total. The molecule has 1 heteroatoms. The zero-order valence-electron chi connectivity index (χ0n) is 21.4. The van der Waals surface area contributed by atoms with Crippen molar-refractivity contribution in [3.05, 3.63) is 126 Å². The highest BCUT2D eigenvalue weighted by Gasteiger charge is 2.35. The smallest absolute Gasteiger partial charge is 0.118 e. The van der Waals surface area contributed by atoms with Crippen molar-refractivity contribution in [2.45, 2.75) is 19.3 Å². The van der Waals surface area contributed by atoms with Crippen LogP contribution in [0.5, 0.6) is 5.75 Å². The van der Waals surface area contributed by atoms with Crippen molar-refractivity contribution in [2.75, 3.05) is 7.11 Å². The van der Waals surface area contributed by atoms with Crippen molar-refractivity contribution >= 4 is 21.5 Å². The van der Waals surface area contributed by atoms with Gasteiger partial charge in [0.15, 0.2) is 0 Å². The van der Waals surface area contributed by atoms with Crippen LogP contribution in [0.15, 0.2) is 115 Å². The van der Waals surface area contributed by atoms with Crippen LogP contribution >= 0.6 is 0 Å². The molecule has 0 aliphatic heterocycles. The monoisotopic (exact) mass is 476 g/mol. The van der Waals surface area contributed by atoms with E-state index in [9.17, 15) is 0 Å². The number of hydrogen-bond acceptors (Lipinski definition) is 1. The van der Waals surface area contributed by atoms with Crippen molar-refractivity contribution in [1.82, 2.24) is 0 Å². The number of ether oxygens (including phenoxy) is 1. The Balaban J connectivity index is 1.54. The lowest BCUT2D eigenvalue weighted by atomic mass is 9.80. The van der Waals surface area contributed by atoms with Crippen LogP contribution in [-0.2, 0) is 5.41 Å². The second kappa shape index (κ2) is 8.08. The number of fused-ring (bicyclic) bond motifs is 5. The molecule has 0 bridgehead atoms. The molecule has 0 heterocycles. The maximum absolute atomic E-state index is 5.43. The van der Waals surface area contributed by atoms with Crippen LogP contribution in [0.1, 0.15) is 25.0 Å². The van der Waals surface area contributed by atoms with Crippen molar-refractivity contribution in [3.8, 4) is 39.1 Å². The van der Waals surface area contributed by atoms with Gasteiger partial charge in [-0.3, -0.25) is 0 Å². The van der Waals surface area contributed by atoms with Crippen LogP contribution < -0.4 is 4.74 Å². The molecule has 0 saturated carbocycles. The van der Waals surface area contributed by atoms with Gasteiger partial charge in [0, 0.05) is 5.41 Å². The number of benzene rings is 6. The highest BCUT2D eigenvalue weighted by molar-refractivity contribution is 6.21. The van der Waals surface area contributed by atoms with E-state index >= 15 is 0 Å². The van der Waals surface area contributed by atoms with E-state index in [-0.39, 0.29) is 5.41 Å². The first-order valence-electron chi connectivity index (χ1n) is 12.9. The second-order valence-electron chi connectivity index (χ2n) is 10.5. The highest BCUT2D eigenvalue weighted by atomic mass is 16.5. The minimum absolute atomic E-state index is 0.0312. The Labute approximate surface area is 218 Å². The minimum atomic E-state index is -0.0312. The Bertz CT molecular complexity index is 1770. The quantitative estimate of drug-likeness (QED) is 0.231. The molecule has 0 unspecified atom stereocenters. The lowest BCUT2D eigenvalue weighted by Gasteiger charge is -2.23. The average molecular weight is 477 g/mol. The van der Waals surface area contributed by atoms with E-state index in [1.807, 2.05) is 12.1 Å². The zero-order chi connectivity index (χ0) is 25.1. The fourth-order valence-corrected chi connectivity index (χ4v) is 6.37. The molecule has 0 radical (unpaired) electrons. The SMILES string of the molecule is COc1ccc(-c2c3ccccc3c(-c3ccc4c(c3)C(C)(C)c3ccccc3-4)c3ccccc23)cc1. The van der Waals surface area contributed by atoms with Crippen LogP contribution in [0.25, 0.3) is 54.9 Å². The van der Waals surface area contributed by atoms with E-state index in [1.165, 1.54) is 66.1 Å². The minimum Gasteiger partial charge on any atom is -0.497 e. The molecule has 37 heavy (non-hydrogen) atoms. The molecule has 1 nitrogen and oxygen atoms in total. The van der Waals surface area contributed by atoms with Crippen molar-refractivity contribution in [2.24, 2.45) is 0 Å². The van der Waals surface area contributed by atoms with Gasteiger partial charge in [-0.2, -0.15) is 0 Å². The number of hydrogen-bond donors (Lipinski definition) is 0. The van der Waals surface area contributed by atoms with Gasteiger partial charge in [0.1, 0.15) is 5.75 Å². The summed E-state index contributed by atoms with van der Waals surface area (Å²) in [5, 5.41) is 5.09. The maximum Gasteiger partial charge on any atom is 0.118 e. The van der Waals surface area contributed by atoms with Crippen LogP contribution in [0.3, 0.4) is 0 Å². The summed E-state index contributed by atoms with van der Waals surface area (Å²) in [6.45, 7) is 4.70. The molecule has 6 aromatic carbocycles. The predicted molar refractivity (Wildman–Crippen MR) is 156 cm³/mol. The summed E-state index contributed by atoms with van der Waals surface area (Å²) in [5.41, 5.74) is 10.5. The van der Waals surface area contributed by atoms with E-state index in [0.717, 1.165) is 5.75 Å². The van der Waals surface area contributed by atoms with Gasteiger partial charge >= 0.3 is 0 Å². The normalized spacial score (nSPS) is 13.5. The molecule has 0 spiro atoms. The van der Waals surface area contributed by atoms with E-state index < -0.39 is 0 Å². The summed E-state index contributed by atoms with van der Waals surface area (Å²) in [6, 6.07) is 42.1. The third-order valence-corrected chi connectivity index (χ3v) is 8.18. The molecule has 0 amide bonds. The van der Waals surface area contributed by atoms with Crippen LogP contribution in [0.2, 0.25) is 0 Å². The predicted octanol–water partition coefficient (Wildman–Crippen LogP) is 9.64. The second-order valence-corrected chi connectivity index (χ2v) is 10.5. The van der Waals surface area contributed by atoms with Gasteiger partial charge < -0.3 is 4.74 Å². The molecular formula is C36H28O. The lowest BCUT2D eigenvalue weighted by Crippen LogP contribution is -2.14. The molecule has 1 aliphatic rings. The van der Waals surface area contributed by atoms with Crippen molar-refractivity contribution in [3.63, 3.8) is 0 Å². The largest absolute Gasteiger partial charge is 0.497 e. The molecule has 0 saturated heterocycles. The van der Waals surface area contributed by atoms with Crippen LogP contribution in [0.4, 0.5) is 0 Å². The van der Waals surface area contributed by atoms with E-state index in [0.29, 0.717) is 0 Å². The summed E-state index contributed by atoms with van der Waals surface area (Å²) in [7, 11) is 1.71. The van der Waals surface area contributed by atoms with Gasteiger partial charge in [-0.1, -0.05) is 111 Å². The van der Waals surface area contributed by atoms with Crippen LogP contribution in [0, 0.1) is 0 Å². The van der Waals surface area contributed by atoms with Gasteiger partial charge in [-0.15, -0.1) is 0 Å². The first-order valence-corrected chi connectivity index (χ1v) is 12.9. The summed E-state index contributed by atoms with van der Waals surface area (Å²) in [5.74, 6) is 0.871. The van der Waals surface area contributed by atoms with Crippen molar-refractivity contribution in [1.29, 1.82) is 0 Å². The Morgan fingerprint density at radius 1 is 0.486 bits per heavy atom. The fraction of sp³-hybridized carbons (Fsp3) is 0.111. The average Bonchev–Trinajstić information content (AvgIpc) is 3.18. The third-order valence-electron chi connectivity index (χ3n) is 8.18. The van der Waals surface area contributed by atoms with Crippen molar-refractivity contribution < 1.29 is 4.74 Å². The first kappa shape index (κ1) is 21.9. The molecule has 0 aromatic heterocycles. The van der Waals surface area contributed by atoms with Gasteiger partial charge in [0.25, 0.3) is 0 Å². The summed E-state index contributed by atoms with van der Waals surface area (Å²) in [4.78, 5) is 0. The molecule has 178 valence electrons. The molecule has 0 atom stereocenters. The Kier molecular flexibility index (Phi) is 4.78. The molecule has 1 aliphatic carbocycles. The van der Waals surface area contributed by atoms with Gasteiger partial charge in [0.2, 0.25) is 0 Å². The standard InChI is InChI=1S/C36H28O/c1-36(2)32-15-9-8-10-26(32)27-21-18-24(22-33(27)36)35-30-13-6-4-11-28(30)34(29-12-5-7-14-31(29)35)23-16-19-25(37-3)20-17-23/h4-22H,1-3H3. The molecular weight excluding hydrogens is 448 g/mol. The fourth-order valence-electron chi connectivity index (χ4n) is 6.37. The first-order chi connectivity index (χ1) is 18.1. The van der Waals surface area contributed by atoms with E-state index in [1.54, 1.807) is 7.11 Å². The Morgan fingerprint density at radius 2 is 0.973 bits per heavy atom. The van der Waals surface area contributed by atoms with E-state index in [2.05, 4.69) is 117 Å². The zero-order valence-corrected chi connectivity index (χ0v) is 21.4. The number of methoxy groups -OCH3 is 1. The molecule has 7 rings (SSSR count). The van der Waals surface area contributed by atoms with Gasteiger partial charge in [0.05, 0.1) is 7.11 Å². The Morgan fingerprint density at radius 3 is 1.57 bits per heavy atom.